The summed E-state index contributed by atoms with van der Waals surface area (Å²) in [7, 11) is 0. The largest absolute Gasteiger partial charge is 0.374 e. The van der Waals surface area contributed by atoms with E-state index in [1.165, 1.54) is 0 Å². The summed E-state index contributed by atoms with van der Waals surface area (Å²) in [6.45, 7) is 8.29. The van der Waals surface area contributed by atoms with Crippen LogP contribution in [0.15, 0.2) is 11.6 Å². The van der Waals surface area contributed by atoms with Gasteiger partial charge in [0.15, 0.2) is 0 Å². The van der Waals surface area contributed by atoms with E-state index in [-0.39, 0.29) is 24.0 Å². The highest BCUT2D eigenvalue weighted by molar-refractivity contribution is 6.11. The molecular weight excluding hydrogens is 266 g/mol. The second kappa shape index (κ2) is 6.44. The lowest BCUT2D eigenvalue weighted by atomic mass is 9.83. The zero-order valence-electron chi connectivity index (χ0n) is 13.1. The molecule has 4 heteroatoms. The number of amides is 2. The van der Waals surface area contributed by atoms with E-state index in [1.54, 1.807) is 6.08 Å². The molecule has 4 nitrogen and oxygen atoms in total. The van der Waals surface area contributed by atoms with Gasteiger partial charge < -0.3 is 4.74 Å². The van der Waals surface area contributed by atoms with E-state index in [0.29, 0.717) is 11.5 Å². The molecule has 0 aromatic heterocycles. The van der Waals surface area contributed by atoms with Crippen LogP contribution in [-0.4, -0.2) is 24.0 Å². The van der Waals surface area contributed by atoms with Crippen molar-refractivity contribution in [1.29, 1.82) is 0 Å². The predicted octanol–water partition coefficient (Wildman–Crippen LogP) is 2.05. The Kier molecular flexibility index (Phi) is 4.84. The van der Waals surface area contributed by atoms with Gasteiger partial charge in [-0.25, -0.2) is 0 Å². The van der Waals surface area contributed by atoms with Crippen molar-refractivity contribution < 1.29 is 14.3 Å². The quantitative estimate of drug-likeness (QED) is 0.625. The van der Waals surface area contributed by atoms with E-state index in [1.807, 2.05) is 13.8 Å². The molecule has 2 amide bonds. The molecule has 2 heterocycles. The molecule has 0 aromatic rings. The van der Waals surface area contributed by atoms with E-state index in [2.05, 4.69) is 31.0 Å². The fourth-order valence-electron chi connectivity index (χ4n) is 2.85. The van der Waals surface area contributed by atoms with Gasteiger partial charge in [0, 0.05) is 6.42 Å². The Labute approximate surface area is 126 Å². The highest BCUT2D eigenvalue weighted by atomic mass is 16.5. The van der Waals surface area contributed by atoms with E-state index in [0.717, 1.165) is 12.8 Å². The summed E-state index contributed by atoms with van der Waals surface area (Å²) in [5.41, 5.74) is 0.385. The summed E-state index contributed by atoms with van der Waals surface area (Å²) in [5, 5.41) is 2.40. The third kappa shape index (κ3) is 3.19. The molecule has 114 valence electrons. The number of ether oxygens (including phenoxy) is 1. The van der Waals surface area contributed by atoms with Crippen molar-refractivity contribution in [3.63, 3.8) is 0 Å². The van der Waals surface area contributed by atoms with Crippen LogP contribution in [0, 0.1) is 29.6 Å². The molecular formula is C17H23NO3. The van der Waals surface area contributed by atoms with Crippen molar-refractivity contribution in [1.82, 2.24) is 5.32 Å². The maximum atomic E-state index is 12.1. The van der Waals surface area contributed by atoms with Gasteiger partial charge in [0.25, 0.3) is 5.91 Å². The lowest BCUT2D eigenvalue weighted by Gasteiger charge is -2.26. The highest BCUT2D eigenvalue weighted by Gasteiger charge is 2.44. The van der Waals surface area contributed by atoms with Crippen molar-refractivity contribution in [2.75, 3.05) is 0 Å². The topological polar surface area (TPSA) is 55.4 Å². The van der Waals surface area contributed by atoms with Gasteiger partial charge in [0.05, 0.1) is 23.7 Å². The first-order chi connectivity index (χ1) is 9.95. The molecule has 0 aromatic carbocycles. The van der Waals surface area contributed by atoms with Gasteiger partial charge >= 0.3 is 0 Å². The summed E-state index contributed by atoms with van der Waals surface area (Å²) in [6.07, 6.45) is 3.32. The van der Waals surface area contributed by atoms with Gasteiger partial charge in [-0.3, -0.25) is 14.9 Å². The SMILES string of the molecule is CCCC#CC1=CC(C2OC(C)C(C)C2C)C(=O)NC1=O. The first-order valence-electron chi connectivity index (χ1n) is 7.67. The van der Waals surface area contributed by atoms with Gasteiger partial charge in [-0.05, 0) is 31.3 Å². The molecule has 2 aliphatic heterocycles. The zero-order chi connectivity index (χ0) is 15.6. The molecule has 0 aliphatic carbocycles. The molecule has 1 fully saturated rings. The zero-order valence-corrected chi connectivity index (χ0v) is 13.1. The Morgan fingerprint density at radius 1 is 1.24 bits per heavy atom. The summed E-state index contributed by atoms with van der Waals surface area (Å²) in [6, 6.07) is 0. The van der Waals surface area contributed by atoms with Crippen LogP contribution in [0.3, 0.4) is 0 Å². The fraction of sp³-hybridized carbons (Fsp3) is 0.647. The third-order valence-corrected chi connectivity index (χ3v) is 4.54. The number of imide groups is 1. The van der Waals surface area contributed by atoms with Crippen LogP contribution in [0.25, 0.3) is 0 Å². The Morgan fingerprint density at radius 2 is 1.95 bits per heavy atom. The van der Waals surface area contributed by atoms with Crippen molar-refractivity contribution in [3.8, 4) is 11.8 Å². The van der Waals surface area contributed by atoms with Crippen LogP contribution in [0.2, 0.25) is 0 Å². The van der Waals surface area contributed by atoms with Crippen LogP contribution in [-0.2, 0) is 14.3 Å². The lowest BCUT2D eigenvalue weighted by molar-refractivity contribution is -0.134. The monoisotopic (exact) mass is 289 g/mol. The number of unbranched alkanes of at least 4 members (excludes halogenated alkanes) is 1. The number of hydrogen-bond acceptors (Lipinski definition) is 3. The smallest absolute Gasteiger partial charge is 0.266 e. The number of hydrogen-bond donors (Lipinski definition) is 1. The first-order valence-corrected chi connectivity index (χ1v) is 7.67. The molecule has 21 heavy (non-hydrogen) atoms. The summed E-state index contributed by atoms with van der Waals surface area (Å²) >= 11 is 0. The predicted molar refractivity (Wildman–Crippen MR) is 80.1 cm³/mol. The summed E-state index contributed by atoms with van der Waals surface area (Å²) < 4.78 is 5.94. The Hall–Kier alpha value is -1.60. The standard InChI is InChI=1S/C17H23NO3/c1-5-6-7-8-13-9-14(17(20)18-16(13)19)15-11(3)10(2)12(4)21-15/h9-12,14-15H,5-6H2,1-4H3,(H,18,19,20). The molecule has 2 aliphatic rings. The Bertz CT molecular complexity index is 526. The van der Waals surface area contributed by atoms with Crippen molar-refractivity contribution in [2.24, 2.45) is 17.8 Å². The summed E-state index contributed by atoms with van der Waals surface area (Å²) in [5.74, 6) is 5.38. The molecule has 5 atom stereocenters. The van der Waals surface area contributed by atoms with Gasteiger partial charge in [-0.15, -0.1) is 0 Å². The number of nitrogens with one attached hydrogen (secondary N) is 1. The summed E-state index contributed by atoms with van der Waals surface area (Å²) in [4.78, 5) is 23.9. The minimum absolute atomic E-state index is 0.124. The first kappa shape index (κ1) is 15.8. The highest BCUT2D eigenvalue weighted by Crippen LogP contribution is 2.37. The van der Waals surface area contributed by atoms with Gasteiger partial charge in [-0.2, -0.15) is 0 Å². The normalized spacial score (nSPS) is 35.8. The Morgan fingerprint density at radius 3 is 2.52 bits per heavy atom. The molecule has 0 spiro atoms. The lowest BCUT2D eigenvalue weighted by Crippen LogP contribution is -2.45. The van der Waals surface area contributed by atoms with Crippen LogP contribution >= 0.6 is 0 Å². The number of rotatable bonds is 2. The van der Waals surface area contributed by atoms with Crippen LogP contribution < -0.4 is 5.32 Å². The van der Waals surface area contributed by atoms with Crippen LogP contribution in [0.1, 0.15) is 40.5 Å². The van der Waals surface area contributed by atoms with E-state index in [9.17, 15) is 9.59 Å². The average molecular weight is 289 g/mol. The molecule has 2 rings (SSSR count). The minimum Gasteiger partial charge on any atom is -0.374 e. The Balaban J connectivity index is 2.24. The van der Waals surface area contributed by atoms with Crippen LogP contribution in [0.5, 0.6) is 0 Å². The second-order valence-electron chi connectivity index (χ2n) is 6.00. The number of carbonyl (C=O) groups excluding carboxylic acids is 2. The second-order valence-corrected chi connectivity index (χ2v) is 6.00. The molecule has 0 saturated carbocycles. The van der Waals surface area contributed by atoms with E-state index < -0.39 is 11.8 Å². The molecule has 5 unspecified atom stereocenters. The van der Waals surface area contributed by atoms with E-state index in [4.69, 9.17) is 4.74 Å². The van der Waals surface area contributed by atoms with Crippen LogP contribution in [0.4, 0.5) is 0 Å². The number of carbonyl (C=O) groups is 2. The maximum absolute atomic E-state index is 12.1. The van der Waals surface area contributed by atoms with Gasteiger partial charge in [0.1, 0.15) is 0 Å². The molecule has 1 saturated heterocycles. The minimum atomic E-state index is -0.434. The fourth-order valence-corrected chi connectivity index (χ4v) is 2.85. The maximum Gasteiger partial charge on any atom is 0.266 e. The van der Waals surface area contributed by atoms with Gasteiger partial charge in [-0.1, -0.05) is 32.6 Å². The van der Waals surface area contributed by atoms with Crippen molar-refractivity contribution in [2.45, 2.75) is 52.7 Å². The average Bonchev–Trinajstić information content (AvgIpc) is 2.69. The van der Waals surface area contributed by atoms with Crippen molar-refractivity contribution >= 4 is 11.8 Å². The molecule has 0 radical (unpaired) electrons. The van der Waals surface area contributed by atoms with Gasteiger partial charge in [0.2, 0.25) is 5.91 Å². The third-order valence-electron chi connectivity index (χ3n) is 4.54. The van der Waals surface area contributed by atoms with Crippen molar-refractivity contribution in [3.05, 3.63) is 11.6 Å². The molecule has 0 bridgehead atoms. The molecule has 1 N–H and O–H groups in total. The van der Waals surface area contributed by atoms with E-state index >= 15 is 0 Å².